The summed E-state index contributed by atoms with van der Waals surface area (Å²) < 4.78 is 27.3. The van der Waals surface area contributed by atoms with Gasteiger partial charge in [-0.1, -0.05) is 71.7 Å². The van der Waals surface area contributed by atoms with Gasteiger partial charge in [0.05, 0.1) is 11.9 Å². The first-order valence-electron chi connectivity index (χ1n) is 12.5. The smallest absolute Gasteiger partial charge is 0.244 e. The lowest BCUT2D eigenvalue weighted by Gasteiger charge is -2.35. The zero-order valence-electron chi connectivity index (χ0n) is 22.7. The van der Waals surface area contributed by atoms with E-state index in [1.807, 2.05) is 51.1 Å². The minimum Gasteiger partial charge on any atom is -0.350 e. The van der Waals surface area contributed by atoms with Gasteiger partial charge in [-0.25, -0.2) is 8.42 Å². The Balaban J connectivity index is 2.11. The van der Waals surface area contributed by atoms with E-state index in [0.717, 1.165) is 16.1 Å². The summed E-state index contributed by atoms with van der Waals surface area (Å²) in [6.45, 7) is 4.99. The zero-order chi connectivity index (χ0) is 29.7. The maximum Gasteiger partial charge on any atom is 0.244 e. The highest BCUT2D eigenvalue weighted by Gasteiger charge is 2.35. The summed E-state index contributed by atoms with van der Waals surface area (Å²) in [5.74, 6) is -0.946. The van der Waals surface area contributed by atoms with E-state index in [9.17, 15) is 18.0 Å². The highest BCUT2D eigenvalue weighted by Crippen LogP contribution is 2.29. The number of carbonyl (C=O) groups is 2. The summed E-state index contributed by atoms with van der Waals surface area (Å²) in [6, 6.07) is 20.0. The second kappa shape index (κ2) is 13.4. The molecule has 0 heterocycles. The Labute approximate surface area is 254 Å². The molecule has 214 valence electrons. The Hall–Kier alpha value is -2.59. The topological polar surface area (TPSA) is 86.8 Å². The van der Waals surface area contributed by atoms with Crippen molar-refractivity contribution < 1.29 is 18.0 Å². The number of halogens is 3. The first-order valence-corrected chi connectivity index (χ1v) is 15.9. The van der Waals surface area contributed by atoms with Crippen LogP contribution in [-0.2, 0) is 32.6 Å². The Morgan fingerprint density at radius 1 is 0.975 bits per heavy atom. The molecule has 0 bridgehead atoms. The summed E-state index contributed by atoms with van der Waals surface area (Å²) in [6.07, 6.45) is 1.24. The second-order valence-corrected chi connectivity index (χ2v) is 14.0. The minimum absolute atomic E-state index is 0.0442. The number of anilines is 1. The van der Waals surface area contributed by atoms with Gasteiger partial charge in [0.1, 0.15) is 12.6 Å². The van der Waals surface area contributed by atoms with Gasteiger partial charge < -0.3 is 10.2 Å². The monoisotopic (exact) mass is 667 g/mol. The van der Waals surface area contributed by atoms with Crippen LogP contribution in [0.1, 0.15) is 31.9 Å². The third-order valence-electron chi connectivity index (χ3n) is 5.93. The van der Waals surface area contributed by atoms with E-state index in [-0.39, 0.29) is 18.9 Å². The summed E-state index contributed by atoms with van der Waals surface area (Å²) in [4.78, 5) is 29.3. The Kier molecular flexibility index (Phi) is 10.7. The van der Waals surface area contributed by atoms with E-state index in [0.29, 0.717) is 25.8 Å². The van der Waals surface area contributed by atoms with Gasteiger partial charge in [-0.15, -0.1) is 0 Å². The van der Waals surface area contributed by atoms with Crippen molar-refractivity contribution in [1.82, 2.24) is 10.2 Å². The van der Waals surface area contributed by atoms with Crippen LogP contribution < -0.4 is 9.62 Å². The second-order valence-electron chi connectivity index (χ2n) is 10.4. The molecule has 2 amide bonds. The Bertz CT molecular complexity index is 1460. The molecule has 0 fully saturated rings. The molecule has 1 unspecified atom stereocenters. The van der Waals surface area contributed by atoms with E-state index >= 15 is 0 Å². The van der Waals surface area contributed by atoms with E-state index in [4.69, 9.17) is 23.2 Å². The van der Waals surface area contributed by atoms with E-state index in [1.165, 1.54) is 4.90 Å². The Morgan fingerprint density at radius 3 is 2.17 bits per heavy atom. The lowest BCUT2D eigenvalue weighted by Crippen LogP contribution is -2.56. The molecule has 0 saturated heterocycles. The van der Waals surface area contributed by atoms with Crippen LogP contribution in [0.2, 0.25) is 10.0 Å². The summed E-state index contributed by atoms with van der Waals surface area (Å²) >= 11 is 16.0. The van der Waals surface area contributed by atoms with Gasteiger partial charge in [-0.05, 0) is 72.1 Å². The molecule has 0 aliphatic heterocycles. The fourth-order valence-corrected chi connectivity index (χ4v) is 6.03. The van der Waals surface area contributed by atoms with Gasteiger partial charge in [0.25, 0.3) is 0 Å². The molecule has 0 aromatic heterocycles. The number of benzene rings is 3. The molecule has 0 aliphatic rings. The van der Waals surface area contributed by atoms with Crippen LogP contribution in [0.3, 0.4) is 0 Å². The molecule has 40 heavy (non-hydrogen) atoms. The standard InChI is InChI=1S/C29H32BrCl2N3O4S/c1-29(2,3)33-28(37)26(16-20-10-6-5-7-11-20)34(18-21-14-15-22(31)17-24(21)32)27(36)19-35(40(4,38)39)25-13-9-8-12-23(25)30/h5-15,17,26H,16,18-19H2,1-4H3,(H,33,37). The van der Waals surface area contributed by atoms with Crippen molar-refractivity contribution in [2.75, 3.05) is 17.1 Å². The van der Waals surface area contributed by atoms with Crippen molar-refractivity contribution in [3.63, 3.8) is 0 Å². The first-order chi connectivity index (χ1) is 18.7. The number of hydrogen-bond acceptors (Lipinski definition) is 4. The molecule has 0 aliphatic carbocycles. The van der Waals surface area contributed by atoms with Crippen LogP contribution in [0.25, 0.3) is 0 Å². The molecule has 0 radical (unpaired) electrons. The predicted octanol–water partition coefficient (Wildman–Crippen LogP) is 6.08. The van der Waals surface area contributed by atoms with Crippen molar-refractivity contribution in [2.45, 2.75) is 45.3 Å². The van der Waals surface area contributed by atoms with Crippen LogP contribution in [0, 0.1) is 0 Å². The number of hydrogen-bond donors (Lipinski definition) is 1. The number of carbonyl (C=O) groups excluding carboxylic acids is 2. The van der Waals surface area contributed by atoms with Gasteiger partial charge in [0.15, 0.2) is 0 Å². The molecule has 11 heteroatoms. The third-order valence-corrected chi connectivity index (χ3v) is 8.31. The quantitative estimate of drug-likeness (QED) is 0.284. The van der Waals surface area contributed by atoms with Gasteiger partial charge in [-0.2, -0.15) is 0 Å². The van der Waals surface area contributed by atoms with Crippen molar-refractivity contribution in [3.8, 4) is 0 Å². The molecule has 7 nitrogen and oxygen atoms in total. The zero-order valence-corrected chi connectivity index (χ0v) is 26.6. The van der Waals surface area contributed by atoms with Crippen LogP contribution in [-0.4, -0.2) is 49.5 Å². The molecular weight excluding hydrogens is 637 g/mol. The number of sulfonamides is 1. The van der Waals surface area contributed by atoms with E-state index < -0.39 is 34.1 Å². The molecular formula is C29H32BrCl2N3O4S. The molecule has 0 saturated carbocycles. The molecule has 1 atom stereocenters. The molecule has 3 aromatic rings. The SMILES string of the molecule is CC(C)(C)NC(=O)C(Cc1ccccc1)N(Cc1ccc(Cl)cc1Cl)C(=O)CN(c1ccccc1Br)S(C)(=O)=O. The maximum atomic E-state index is 14.1. The van der Waals surface area contributed by atoms with E-state index in [1.54, 1.807) is 42.5 Å². The van der Waals surface area contributed by atoms with Crippen molar-refractivity contribution in [1.29, 1.82) is 0 Å². The number of nitrogens with one attached hydrogen (secondary N) is 1. The van der Waals surface area contributed by atoms with Crippen molar-refractivity contribution in [2.24, 2.45) is 0 Å². The highest BCUT2D eigenvalue weighted by atomic mass is 79.9. The first kappa shape index (κ1) is 31.9. The molecule has 1 N–H and O–H groups in total. The summed E-state index contributed by atoms with van der Waals surface area (Å²) in [5, 5.41) is 3.73. The molecule has 3 aromatic carbocycles. The number of amides is 2. The largest absolute Gasteiger partial charge is 0.350 e. The fraction of sp³-hybridized carbons (Fsp3) is 0.310. The lowest BCUT2D eigenvalue weighted by molar-refractivity contribution is -0.140. The summed E-state index contributed by atoms with van der Waals surface area (Å²) in [7, 11) is -3.88. The van der Waals surface area contributed by atoms with Gasteiger partial charge in [0.2, 0.25) is 21.8 Å². The predicted molar refractivity (Wildman–Crippen MR) is 165 cm³/mol. The fourth-order valence-electron chi connectivity index (χ4n) is 4.09. The minimum atomic E-state index is -3.88. The normalized spacial score (nSPS) is 12.5. The number of rotatable bonds is 10. The van der Waals surface area contributed by atoms with Gasteiger partial charge in [0, 0.05) is 33.0 Å². The number of para-hydroxylation sites is 1. The van der Waals surface area contributed by atoms with Gasteiger partial charge in [-0.3, -0.25) is 13.9 Å². The number of nitrogens with zero attached hydrogens (tertiary/aromatic N) is 2. The van der Waals surface area contributed by atoms with Crippen LogP contribution in [0.4, 0.5) is 5.69 Å². The summed E-state index contributed by atoms with van der Waals surface area (Å²) in [5.41, 5.74) is 1.13. The highest BCUT2D eigenvalue weighted by molar-refractivity contribution is 9.10. The molecule has 3 rings (SSSR count). The lowest BCUT2D eigenvalue weighted by atomic mass is 10.0. The van der Waals surface area contributed by atoms with Crippen molar-refractivity contribution in [3.05, 3.63) is 98.4 Å². The van der Waals surface area contributed by atoms with E-state index in [2.05, 4.69) is 21.2 Å². The van der Waals surface area contributed by atoms with Crippen LogP contribution in [0.5, 0.6) is 0 Å². The van der Waals surface area contributed by atoms with Crippen LogP contribution in [0.15, 0.2) is 77.3 Å². The average molecular weight is 669 g/mol. The average Bonchev–Trinajstić information content (AvgIpc) is 2.85. The Morgan fingerprint density at radius 2 is 1.60 bits per heavy atom. The third kappa shape index (κ3) is 8.96. The maximum absolute atomic E-state index is 14.1. The van der Waals surface area contributed by atoms with Crippen molar-refractivity contribution >= 4 is 66.7 Å². The van der Waals surface area contributed by atoms with Crippen LogP contribution >= 0.6 is 39.1 Å². The van der Waals surface area contributed by atoms with Gasteiger partial charge >= 0.3 is 0 Å². The molecule has 0 spiro atoms.